The Labute approximate surface area is 206 Å². The molecule has 0 radical (unpaired) electrons. The molecule has 0 aliphatic heterocycles. The zero-order chi connectivity index (χ0) is 23.1. The molecule has 0 saturated carbocycles. The van der Waals surface area contributed by atoms with Crippen molar-refractivity contribution in [3.63, 3.8) is 0 Å². The summed E-state index contributed by atoms with van der Waals surface area (Å²) in [7, 11) is 0. The van der Waals surface area contributed by atoms with Gasteiger partial charge in [0.25, 0.3) is 5.91 Å². The van der Waals surface area contributed by atoms with Crippen molar-refractivity contribution in [2.75, 3.05) is 11.1 Å². The summed E-state index contributed by atoms with van der Waals surface area (Å²) in [6.07, 6.45) is 0. The predicted molar refractivity (Wildman–Crippen MR) is 137 cm³/mol. The summed E-state index contributed by atoms with van der Waals surface area (Å²) in [4.78, 5) is 19.8. The van der Waals surface area contributed by atoms with Crippen LogP contribution >= 0.6 is 45.9 Å². The third-order valence-electron chi connectivity index (χ3n) is 5.03. The van der Waals surface area contributed by atoms with E-state index in [0.29, 0.717) is 31.5 Å². The fourth-order valence-electron chi connectivity index (χ4n) is 3.48. The largest absolute Gasteiger partial charge is 0.397 e. The van der Waals surface area contributed by atoms with Gasteiger partial charge in [0.2, 0.25) is 0 Å². The van der Waals surface area contributed by atoms with Crippen molar-refractivity contribution in [1.82, 2.24) is 4.98 Å². The predicted octanol–water partition coefficient (Wildman–Crippen LogP) is 7.97. The molecule has 0 bridgehead atoms. The first-order valence-electron chi connectivity index (χ1n) is 9.70. The third-order valence-corrected chi connectivity index (χ3v) is 7.84. The highest BCUT2D eigenvalue weighted by molar-refractivity contribution is 7.21. The molecule has 164 valence electrons. The van der Waals surface area contributed by atoms with Crippen LogP contribution in [0.1, 0.15) is 9.67 Å². The van der Waals surface area contributed by atoms with E-state index in [0.717, 1.165) is 21.7 Å². The van der Waals surface area contributed by atoms with E-state index in [-0.39, 0.29) is 10.8 Å². The molecule has 33 heavy (non-hydrogen) atoms. The standard InChI is InChI=1S/C24H14Cl2FN3OS2/c25-15-3-1-4-16(20(15)26)29-23(31)22-21(28)19-14(12-6-8-13(27)9-7-12)11-17(30-24(19)33-22)18-5-2-10-32-18/h1-11H,28H2,(H,29,31). The molecule has 0 saturated heterocycles. The van der Waals surface area contributed by atoms with Crippen molar-refractivity contribution < 1.29 is 9.18 Å². The Balaban J connectivity index is 1.67. The SMILES string of the molecule is Nc1c(C(=O)Nc2cccc(Cl)c2Cl)sc2nc(-c3cccs3)cc(-c3ccc(F)cc3)c12. The van der Waals surface area contributed by atoms with Gasteiger partial charge in [-0.15, -0.1) is 22.7 Å². The number of anilines is 2. The van der Waals surface area contributed by atoms with Gasteiger partial charge in [-0.3, -0.25) is 4.79 Å². The van der Waals surface area contributed by atoms with Gasteiger partial charge in [-0.2, -0.15) is 0 Å². The summed E-state index contributed by atoms with van der Waals surface area (Å²) < 4.78 is 13.6. The number of nitrogens with one attached hydrogen (secondary N) is 1. The third kappa shape index (κ3) is 4.09. The van der Waals surface area contributed by atoms with E-state index in [2.05, 4.69) is 5.32 Å². The average Bonchev–Trinajstić information content (AvgIpc) is 3.45. The Hall–Kier alpha value is -2.97. The number of hydrogen-bond acceptors (Lipinski definition) is 5. The number of halogens is 3. The molecule has 0 aliphatic carbocycles. The van der Waals surface area contributed by atoms with Crippen molar-refractivity contribution in [3.8, 4) is 21.7 Å². The first-order chi connectivity index (χ1) is 15.9. The molecule has 0 fully saturated rings. The fraction of sp³-hybridized carbons (Fsp3) is 0. The molecule has 3 aromatic heterocycles. The highest BCUT2D eigenvalue weighted by atomic mass is 35.5. The summed E-state index contributed by atoms with van der Waals surface area (Å²) in [5.41, 5.74) is 9.47. The molecule has 1 amide bonds. The number of nitrogens with zero attached hydrogens (tertiary/aromatic N) is 1. The van der Waals surface area contributed by atoms with Crippen LogP contribution < -0.4 is 11.1 Å². The Bertz CT molecular complexity index is 1500. The maximum Gasteiger partial charge on any atom is 0.267 e. The van der Waals surface area contributed by atoms with Crippen LogP contribution in [-0.2, 0) is 0 Å². The Morgan fingerprint density at radius 1 is 1.06 bits per heavy atom. The van der Waals surface area contributed by atoms with Crippen LogP contribution in [0.25, 0.3) is 31.9 Å². The van der Waals surface area contributed by atoms with Gasteiger partial charge < -0.3 is 11.1 Å². The van der Waals surface area contributed by atoms with Crippen molar-refractivity contribution >= 4 is 73.4 Å². The molecule has 0 unspecified atom stereocenters. The maximum atomic E-state index is 13.6. The molecule has 5 rings (SSSR count). The molecule has 2 aromatic carbocycles. The fourth-order valence-corrected chi connectivity index (χ4v) is 5.53. The molecular formula is C24H14Cl2FN3OS2. The lowest BCUT2D eigenvalue weighted by Gasteiger charge is -2.09. The second-order valence-electron chi connectivity index (χ2n) is 7.12. The van der Waals surface area contributed by atoms with Crippen LogP contribution in [0.2, 0.25) is 10.0 Å². The summed E-state index contributed by atoms with van der Waals surface area (Å²) in [6.45, 7) is 0. The summed E-state index contributed by atoms with van der Waals surface area (Å²) >= 11 is 15.0. The van der Waals surface area contributed by atoms with Gasteiger partial charge in [-0.25, -0.2) is 9.37 Å². The molecule has 0 atom stereocenters. The van der Waals surface area contributed by atoms with E-state index >= 15 is 0 Å². The van der Waals surface area contributed by atoms with Gasteiger partial charge in [-0.1, -0.05) is 47.5 Å². The van der Waals surface area contributed by atoms with Crippen LogP contribution in [0.15, 0.2) is 66.0 Å². The number of carbonyl (C=O) groups is 1. The zero-order valence-corrected chi connectivity index (χ0v) is 19.9. The van der Waals surface area contributed by atoms with Crippen molar-refractivity contribution in [2.24, 2.45) is 0 Å². The Kier molecular flexibility index (Phi) is 5.80. The molecule has 5 aromatic rings. The minimum Gasteiger partial charge on any atom is -0.397 e. The second kappa shape index (κ2) is 8.76. The quantitative estimate of drug-likeness (QED) is 0.256. The first kappa shape index (κ1) is 21.9. The Morgan fingerprint density at radius 3 is 2.58 bits per heavy atom. The molecule has 3 N–H and O–H groups in total. The van der Waals surface area contributed by atoms with Crippen LogP contribution in [0.4, 0.5) is 15.8 Å². The highest BCUT2D eigenvalue weighted by Gasteiger charge is 2.22. The van der Waals surface area contributed by atoms with Gasteiger partial charge in [-0.05, 0) is 52.9 Å². The van der Waals surface area contributed by atoms with Crippen LogP contribution in [0.5, 0.6) is 0 Å². The van der Waals surface area contributed by atoms with Crippen LogP contribution in [-0.4, -0.2) is 10.9 Å². The molecule has 4 nitrogen and oxygen atoms in total. The number of aromatic nitrogens is 1. The van der Waals surface area contributed by atoms with Crippen molar-refractivity contribution in [2.45, 2.75) is 0 Å². The Morgan fingerprint density at radius 2 is 1.85 bits per heavy atom. The average molecular weight is 514 g/mol. The minimum absolute atomic E-state index is 0.248. The number of fused-ring (bicyclic) bond motifs is 1. The van der Waals surface area contributed by atoms with Crippen LogP contribution in [0.3, 0.4) is 0 Å². The number of benzene rings is 2. The van der Waals surface area contributed by atoms with E-state index in [1.165, 1.54) is 23.5 Å². The van der Waals surface area contributed by atoms with Crippen molar-refractivity contribution in [1.29, 1.82) is 0 Å². The lowest BCUT2D eigenvalue weighted by atomic mass is 10.0. The van der Waals surface area contributed by atoms with E-state index in [4.69, 9.17) is 33.9 Å². The normalized spacial score (nSPS) is 11.1. The lowest BCUT2D eigenvalue weighted by Crippen LogP contribution is -2.12. The molecule has 9 heteroatoms. The molecule has 3 heterocycles. The van der Waals surface area contributed by atoms with E-state index in [9.17, 15) is 9.18 Å². The number of thiophene rings is 2. The van der Waals surface area contributed by atoms with E-state index in [1.807, 2.05) is 23.6 Å². The molecule has 0 spiro atoms. The van der Waals surface area contributed by atoms with Gasteiger partial charge in [0.15, 0.2) is 0 Å². The second-order valence-corrected chi connectivity index (χ2v) is 9.85. The summed E-state index contributed by atoms with van der Waals surface area (Å²) in [5, 5.41) is 5.97. The number of carbonyl (C=O) groups excluding carboxylic acids is 1. The summed E-state index contributed by atoms with van der Waals surface area (Å²) in [6, 6.07) is 17.0. The van der Waals surface area contributed by atoms with E-state index < -0.39 is 5.91 Å². The van der Waals surface area contributed by atoms with Crippen molar-refractivity contribution in [3.05, 3.63) is 86.8 Å². The monoisotopic (exact) mass is 513 g/mol. The number of hydrogen-bond donors (Lipinski definition) is 2. The summed E-state index contributed by atoms with van der Waals surface area (Å²) in [5.74, 6) is -0.748. The minimum atomic E-state index is -0.414. The van der Waals surface area contributed by atoms with Gasteiger partial charge in [0.05, 0.1) is 32.0 Å². The van der Waals surface area contributed by atoms with Gasteiger partial charge in [0, 0.05) is 5.39 Å². The molecular weight excluding hydrogens is 500 g/mol. The van der Waals surface area contributed by atoms with Gasteiger partial charge >= 0.3 is 0 Å². The number of pyridine rings is 1. The maximum absolute atomic E-state index is 13.6. The number of nitrogens with two attached hydrogens (primary N) is 1. The lowest BCUT2D eigenvalue weighted by molar-refractivity contribution is 0.103. The number of rotatable bonds is 4. The smallest absolute Gasteiger partial charge is 0.267 e. The number of nitrogen functional groups attached to an aromatic ring is 1. The first-order valence-corrected chi connectivity index (χ1v) is 12.2. The zero-order valence-electron chi connectivity index (χ0n) is 16.7. The molecule has 0 aliphatic rings. The topological polar surface area (TPSA) is 68.0 Å². The highest BCUT2D eigenvalue weighted by Crippen LogP contribution is 2.42. The van der Waals surface area contributed by atoms with E-state index in [1.54, 1.807) is 41.7 Å². The van der Waals surface area contributed by atoms with Gasteiger partial charge in [0.1, 0.15) is 15.5 Å². The van der Waals surface area contributed by atoms with Crippen LogP contribution in [0, 0.1) is 5.82 Å². The number of amides is 1.